The molecule has 8 nitrogen and oxygen atoms in total. The van der Waals surface area contributed by atoms with Gasteiger partial charge in [0.2, 0.25) is 5.91 Å². The van der Waals surface area contributed by atoms with E-state index in [2.05, 4.69) is 15.8 Å². The van der Waals surface area contributed by atoms with Gasteiger partial charge in [-0.15, -0.1) is 0 Å². The van der Waals surface area contributed by atoms with Crippen LogP contribution in [-0.4, -0.2) is 22.6 Å². The zero-order valence-corrected chi connectivity index (χ0v) is 9.04. The summed E-state index contributed by atoms with van der Waals surface area (Å²) in [5, 5.41) is 16.5. The van der Waals surface area contributed by atoms with E-state index in [1.54, 1.807) is 0 Å². The van der Waals surface area contributed by atoms with E-state index in [0.29, 0.717) is 0 Å². The first-order valence-electron chi connectivity index (χ1n) is 4.97. The Labute approximate surface area is 101 Å². The number of carbonyl (C=O) groups excluding carboxylic acids is 2. The maximum atomic E-state index is 11.7. The Balaban J connectivity index is 2.12. The van der Waals surface area contributed by atoms with Crippen molar-refractivity contribution in [3.8, 4) is 0 Å². The summed E-state index contributed by atoms with van der Waals surface area (Å²) in [5.74, 6) is -0.671. The maximum Gasteiger partial charge on any atom is 0.270 e. The number of benzene rings is 1. The highest BCUT2D eigenvalue weighted by Crippen LogP contribution is 2.13. The van der Waals surface area contributed by atoms with E-state index in [1.165, 1.54) is 18.2 Å². The molecule has 92 valence electrons. The number of rotatable bonds is 2. The highest BCUT2D eigenvalue weighted by atomic mass is 16.6. The monoisotopic (exact) mass is 248 g/mol. The van der Waals surface area contributed by atoms with E-state index in [1.807, 2.05) is 0 Å². The quantitative estimate of drug-likeness (QED) is 0.573. The largest absolute Gasteiger partial charge is 0.308 e. The number of hydrazone groups is 1. The highest BCUT2D eigenvalue weighted by Gasteiger charge is 2.18. The van der Waals surface area contributed by atoms with Gasteiger partial charge < -0.3 is 5.32 Å². The second kappa shape index (κ2) is 4.62. The summed E-state index contributed by atoms with van der Waals surface area (Å²) < 4.78 is 0. The van der Waals surface area contributed by atoms with Gasteiger partial charge in [-0.25, -0.2) is 5.43 Å². The van der Waals surface area contributed by atoms with Crippen molar-refractivity contribution < 1.29 is 14.5 Å². The van der Waals surface area contributed by atoms with Gasteiger partial charge in [-0.1, -0.05) is 6.07 Å². The number of hydrogen-bond donors (Lipinski definition) is 2. The first kappa shape index (κ1) is 11.7. The van der Waals surface area contributed by atoms with Crippen LogP contribution in [0.3, 0.4) is 0 Å². The molecule has 1 heterocycles. The van der Waals surface area contributed by atoms with Gasteiger partial charge in [-0.2, -0.15) is 5.10 Å². The number of nitro benzene ring substituents is 1. The van der Waals surface area contributed by atoms with Crippen LogP contribution in [0.4, 0.5) is 5.69 Å². The molecule has 1 aromatic carbocycles. The lowest BCUT2D eigenvalue weighted by Gasteiger charge is -2.02. The number of hydrogen-bond acceptors (Lipinski definition) is 5. The van der Waals surface area contributed by atoms with Crippen LogP contribution in [0.5, 0.6) is 0 Å². The molecule has 0 bridgehead atoms. The average molecular weight is 248 g/mol. The van der Waals surface area contributed by atoms with Crippen LogP contribution in [0.25, 0.3) is 0 Å². The standard InChI is InChI=1S/C10H8N4O4/c15-9-5-8(12-13-9)11-10(16)6-2-1-3-7(4-6)14(17)18/h1-4H,5H2,(H,13,15)(H,11,12,16). The van der Waals surface area contributed by atoms with Gasteiger partial charge in [-0.05, 0) is 6.07 Å². The molecule has 8 heteroatoms. The van der Waals surface area contributed by atoms with Gasteiger partial charge in [0.05, 0.1) is 11.3 Å². The lowest BCUT2D eigenvalue weighted by atomic mass is 10.2. The Hall–Kier alpha value is -2.77. The van der Waals surface area contributed by atoms with Crippen molar-refractivity contribution >= 4 is 23.3 Å². The third kappa shape index (κ3) is 2.48. The predicted octanol–water partition coefficient (Wildman–Crippen LogP) is 0.158. The minimum atomic E-state index is -0.588. The third-order valence-corrected chi connectivity index (χ3v) is 2.22. The summed E-state index contributed by atoms with van der Waals surface area (Å²) >= 11 is 0. The zero-order chi connectivity index (χ0) is 13.1. The molecular weight excluding hydrogens is 240 g/mol. The van der Waals surface area contributed by atoms with Crippen molar-refractivity contribution in [1.29, 1.82) is 0 Å². The fourth-order valence-corrected chi connectivity index (χ4v) is 1.40. The number of nitro groups is 1. The summed E-state index contributed by atoms with van der Waals surface area (Å²) in [6.07, 6.45) is -0.0132. The van der Waals surface area contributed by atoms with Gasteiger partial charge in [0.25, 0.3) is 11.6 Å². The average Bonchev–Trinajstić information content (AvgIpc) is 2.75. The molecular formula is C10H8N4O4. The van der Waals surface area contributed by atoms with Crippen molar-refractivity contribution in [2.45, 2.75) is 6.42 Å². The number of nitrogens with one attached hydrogen (secondary N) is 2. The molecule has 2 rings (SSSR count). The van der Waals surface area contributed by atoms with Crippen LogP contribution in [0.15, 0.2) is 29.4 Å². The normalized spacial score (nSPS) is 13.8. The van der Waals surface area contributed by atoms with Gasteiger partial charge in [-0.3, -0.25) is 19.7 Å². The van der Waals surface area contributed by atoms with E-state index < -0.39 is 10.8 Å². The summed E-state index contributed by atoms with van der Waals surface area (Å²) in [7, 11) is 0. The smallest absolute Gasteiger partial charge is 0.270 e. The molecule has 0 atom stereocenters. The van der Waals surface area contributed by atoms with Crippen LogP contribution >= 0.6 is 0 Å². The molecule has 0 unspecified atom stereocenters. The van der Waals surface area contributed by atoms with Crippen molar-refractivity contribution in [1.82, 2.24) is 10.7 Å². The Morgan fingerprint density at radius 1 is 1.50 bits per heavy atom. The van der Waals surface area contributed by atoms with Crippen molar-refractivity contribution in [3.63, 3.8) is 0 Å². The number of non-ortho nitro benzene ring substituents is 1. The Morgan fingerprint density at radius 2 is 2.28 bits per heavy atom. The minimum Gasteiger partial charge on any atom is -0.308 e. The van der Waals surface area contributed by atoms with Crippen molar-refractivity contribution in [2.24, 2.45) is 5.10 Å². The molecule has 1 aliphatic heterocycles. The van der Waals surface area contributed by atoms with Crippen molar-refractivity contribution in [3.05, 3.63) is 39.9 Å². The molecule has 2 amide bonds. The maximum absolute atomic E-state index is 11.7. The van der Waals surface area contributed by atoms with E-state index in [-0.39, 0.29) is 29.4 Å². The second-order valence-electron chi connectivity index (χ2n) is 3.53. The molecule has 0 aliphatic carbocycles. The zero-order valence-electron chi connectivity index (χ0n) is 9.04. The summed E-state index contributed by atoms with van der Waals surface area (Å²) in [6, 6.07) is 5.29. The number of carbonyl (C=O) groups is 2. The molecule has 1 aliphatic rings. The van der Waals surface area contributed by atoms with E-state index in [0.717, 1.165) is 6.07 Å². The first-order chi connectivity index (χ1) is 8.56. The Bertz CT molecular complexity index is 567. The lowest BCUT2D eigenvalue weighted by molar-refractivity contribution is -0.384. The van der Waals surface area contributed by atoms with E-state index in [4.69, 9.17) is 0 Å². The molecule has 18 heavy (non-hydrogen) atoms. The molecule has 0 fully saturated rings. The predicted molar refractivity (Wildman–Crippen MR) is 60.8 cm³/mol. The molecule has 0 radical (unpaired) electrons. The first-order valence-corrected chi connectivity index (χ1v) is 4.97. The van der Waals surface area contributed by atoms with Gasteiger partial charge in [0, 0.05) is 17.7 Å². The number of amidine groups is 1. The van der Waals surface area contributed by atoms with Crippen LogP contribution in [-0.2, 0) is 4.79 Å². The molecule has 2 N–H and O–H groups in total. The van der Waals surface area contributed by atoms with Gasteiger partial charge in [0.15, 0.2) is 0 Å². The van der Waals surface area contributed by atoms with E-state index >= 15 is 0 Å². The van der Waals surface area contributed by atoms with Crippen LogP contribution in [0, 0.1) is 10.1 Å². The molecule has 1 aromatic rings. The second-order valence-corrected chi connectivity index (χ2v) is 3.53. The molecule has 0 saturated heterocycles. The Kier molecular flexibility index (Phi) is 3.00. The molecule has 0 spiro atoms. The fourth-order valence-electron chi connectivity index (χ4n) is 1.40. The van der Waals surface area contributed by atoms with Crippen molar-refractivity contribution in [2.75, 3.05) is 0 Å². The molecule has 0 aromatic heterocycles. The van der Waals surface area contributed by atoms with Crippen LogP contribution in [0.1, 0.15) is 16.8 Å². The topological polar surface area (TPSA) is 114 Å². The van der Waals surface area contributed by atoms with E-state index in [9.17, 15) is 19.7 Å². The van der Waals surface area contributed by atoms with Crippen LogP contribution < -0.4 is 10.7 Å². The SMILES string of the molecule is O=C1CC(NC(=O)c2cccc([N+](=O)[O-])c2)=NN1. The summed E-state index contributed by atoms with van der Waals surface area (Å²) in [6.45, 7) is 0. The van der Waals surface area contributed by atoms with Gasteiger partial charge >= 0.3 is 0 Å². The summed E-state index contributed by atoms with van der Waals surface area (Å²) in [4.78, 5) is 32.5. The third-order valence-electron chi connectivity index (χ3n) is 2.22. The minimum absolute atomic E-state index is 0.0132. The number of amides is 2. The highest BCUT2D eigenvalue weighted by molar-refractivity contribution is 6.13. The lowest BCUT2D eigenvalue weighted by Crippen LogP contribution is -2.29. The van der Waals surface area contributed by atoms with Crippen LogP contribution in [0.2, 0.25) is 0 Å². The molecule has 0 saturated carbocycles. The van der Waals surface area contributed by atoms with Gasteiger partial charge in [0.1, 0.15) is 5.84 Å². The summed E-state index contributed by atoms with van der Waals surface area (Å²) in [5.41, 5.74) is 2.14. The fraction of sp³-hybridized carbons (Fsp3) is 0.100. The Morgan fingerprint density at radius 3 is 2.89 bits per heavy atom. The number of nitrogens with zero attached hydrogens (tertiary/aromatic N) is 2.